The number of amides is 1. The molecule has 0 aliphatic carbocycles. The maximum absolute atomic E-state index is 12.4. The number of anilines is 2. The lowest BCUT2D eigenvalue weighted by Crippen LogP contribution is -2.20. The molecular weight excluding hydrogens is 282 g/mol. The summed E-state index contributed by atoms with van der Waals surface area (Å²) in [5.74, 6) is 1.66. The van der Waals surface area contributed by atoms with Crippen molar-refractivity contribution in [2.45, 2.75) is 25.9 Å². The molecular formula is C14H19N7O. The highest BCUT2D eigenvalue weighted by molar-refractivity contribution is 6.04. The molecule has 116 valence electrons. The lowest BCUT2D eigenvalue weighted by molar-refractivity contribution is 0.102. The van der Waals surface area contributed by atoms with Crippen LogP contribution in [-0.4, -0.2) is 44.9 Å². The van der Waals surface area contributed by atoms with Gasteiger partial charge in [0.05, 0.1) is 6.20 Å². The number of rotatable bonds is 2. The van der Waals surface area contributed by atoms with Crippen LogP contribution in [0.1, 0.15) is 22.7 Å². The van der Waals surface area contributed by atoms with E-state index < -0.39 is 0 Å². The fourth-order valence-corrected chi connectivity index (χ4v) is 2.94. The summed E-state index contributed by atoms with van der Waals surface area (Å²) < 4.78 is 3.94. The van der Waals surface area contributed by atoms with Crippen LogP contribution in [0.4, 0.5) is 11.5 Å². The quantitative estimate of drug-likeness (QED) is 0.742. The van der Waals surface area contributed by atoms with Crippen molar-refractivity contribution in [3.05, 3.63) is 23.9 Å². The van der Waals surface area contributed by atoms with Crippen LogP contribution in [0.2, 0.25) is 0 Å². The molecule has 0 saturated carbocycles. The van der Waals surface area contributed by atoms with Gasteiger partial charge in [0.15, 0.2) is 0 Å². The summed E-state index contributed by atoms with van der Waals surface area (Å²) >= 11 is 0. The zero-order chi connectivity index (χ0) is 14.9. The maximum atomic E-state index is 12.4. The molecule has 0 saturated heterocycles. The van der Waals surface area contributed by atoms with Crippen LogP contribution >= 0.6 is 0 Å². The standard InChI is InChI=1S/C14H19N7O/c22-14(11-9-20-7-5-15-4-2-12(20)18-11)19-10-8-17-21-6-1-3-16-13(10)21/h8-9,15-16H,1-7H2,(H,19,22). The molecule has 4 rings (SSSR count). The zero-order valence-electron chi connectivity index (χ0n) is 12.3. The highest BCUT2D eigenvalue weighted by Gasteiger charge is 2.19. The number of carbonyl (C=O) groups is 1. The van der Waals surface area contributed by atoms with Crippen LogP contribution in [-0.2, 0) is 19.5 Å². The normalized spacial score (nSPS) is 17.1. The Bertz CT molecular complexity index is 679. The number of nitrogens with one attached hydrogen (secondary N) is 3. The Morgan fingerprint density at radius 2 is 2.23 bits per heavy atom. The third-order valence-electron chi connectivity index (χ3n) is 4.07. The molecule has 0 aromatic carbocycles. The van der Waals surface area contributed by atoms with Crippen LogP contribution in [0, 0.1) is 0 Å². The maximum Gasteiger partial charge on any atom is 0.276 e. The number of hydrogen-bond donors (Lipinski definition) is 3. The molecule has 0 fully saturated rings. The number of imidazole rings is 1. The summed E-state index contributed by atoms with van der Waals surface area (Å²) in [6.07, 6.45) is 5.42. The molecule has 2 aliphatic heterocycles. The number of fused-ring (bicyclic) bond motifs is 2. The van der Waals surface area contributed by atoms with Crippen molar-refractivity contribution in [2.24, 2.45) is 0 Å². The monoisotopic (exact) mass is 301 g/mol. The number of aromatic nitrogens is 4. The molecule has 0 bridgehead atoms. The van der Waals surface area contributed by atoms with E-state index in [0.717, 1.165) is 62.9 Å². The van der Waals surface area contributed by atoms with Gasteiger partial charge in [0.25, 0.3) is 5.91 Å². The molecule has 8 nitrogen and oxygen atoms in total. The number of hydrogen-bond acceptors (Lipinski definition) is 5. The van der Waals surface area contributed by atoms with Gasteiger partial charge in [-0.1, -0.05) is 0 Å². The molecule has 2 aromatic heterocycles. The fraction of sp³-hybridized carbons (Fsp3) is 0.500. The van der Waals surface area contributed by atoms with E-state index in [1.807, 2.05) is 10.9 Å². The highest BCUT2D eigenvalue weighted by Crippen LogP contribution is 2.24. The summed E-state index contributed by atoms with van der Waals surface area (Å²) in [6.45, 7) is 4.44. The average molecular weight is 301 g/mol. The second-order valence-electron chi connectivity index (χ2n) is 5.60. The Balaban J connectivity index is 1.54. The van der Waals surface area contributed by atoms with E-state index in [4.69, 9.17) is 0 Å². The zero-order valence-corrected chi connectivity index (χ0v) is 12.3. The Labute approximate surface area is 127 Å². The Morgan fingerprint density at radius 3 is 3.18 bits per heavy atom. The second-order valence-corrected chi connectivity index (χ2v) is 5.60. The molecule has 0 radical (unpaired) electrons. The van der Waals surface area contributed by atoms with Gasteiger partial charge in [-0.3, -0.25) is 4.79 Å². The third kappa shape index (κ3) is 2.35. The van der Waals surface area contributed by atoms with Crippen molar-refractivity contribution in [3.63, 3.8) is 0 Å². The topological polar surface area (TPSA) is 88.8 Å². The summed E-state index contributed by atoms with van der Waals surface area (Å²) in [7, 11) is 0. The number of aryl methyl sites for hydroxylation is 1. The van der Waals surface area contributed by atoms with Crippen molar-refractivity contribution in [2.75, 3.05) is 30.3 Å². The molecule has 1 amide bonds. The lowest BCUT2D eigenvalue weighted by Gasteiger charge is -2.16. The van der Waals surface area contributed by atoms with Crippen molar-refractivity contribution in [1.82, 2.24) is 24.6 Å². The smallest absolute Gasteiger partial charge is 0.276 e. The molecule has 0 atom stereocenters. The molecule has 3 N–H and O–H groups in total. The third-order valence-corrected chi connectivity index (χ3v) is 4.07. The second kappa shape index (κ2) is 5.45. The Hall–Kier alpha value is -2.35. The first-order valence-electron chi connectivity index (χ1n) is 7.69. The summed E-state index contributed by atoms with van der Waals surface area (Å²) in [6, 6.07) is 0. The molecule has 4 heterocycles. The van der Waals surface area contributed by atoms with Crippen LogP contribution in [0.3, 0.4) is 0 Å². The molecule has 0 spiro atoms. The van der Waals surface area contributed by atoms with Gasteiger partial charge >= 0.3 is 0 Å². The van der Waals surface area contributed by atoms with Crippen molar-refractivity contribution in [1.29, 1.82) is 0 Å². The van der Waals surface area contributed by atoms with Gasteiger partial charge in [-0.2, -0.15) is 5.10 Å². The SMILES string of the molecule is O=C(Nc1cnn2c1NCCC2)c1cn2c(n1)CCNCC2. The molecule has 0 unspecified atom stereocenters. The molecule has 8 heteroatoms. The van der Waals surface area contributed by atoms with E-state index in [1.165, 1.54) is 0 Å². The largest absolute Gasteiger partial charge is 0.368 e. The van der Waals surface area contributed by atoms with E-state index in [2.05, 4.69) is 30.6 Å². The molecule has 22 heavy (non-hydrogen) atoms. The van der Waals surface area contributed by atoms with Crippen molar-refractivity contribution >= 4 is 17.4 Å². The van der Waals surface area contributed by atoms with Gasteiger partial charge in [-0.15, -0.1) is 0 Å². The van der Waals surface area contributed by atoms with E-state index in [0.29, 0.717) is 5.69 Å². The van der Waals surface area contributed by atoms with Gasteiger partial charge in [0.2, 0.25) is 0 Å². The first kappa shape index (κ1) is 13.3. The van der Waals surface area contributed by atoms with Crippen molar-refractivity contribution in [3.8, 4) is 0 Å². The van der Waals surface area contributed by atoms with E-state index in [9.17, 15) is 4.79 Å². The Morgan fingerprint density at radius 1 is 1.27 bits per heavy atom. The average Bonchev–Trinajstić information content (AvgIpc) is 3.06. The van der Waals surface area contributed by atoms with Gasteiger partial charge in [-0.25, -0.2) is 9.67 Å². The fourth-order valence-electron chi connectivity index (χ4n) is 2.94. The van der Waals surface area contributed by atoms with Crippen LogP contribution in [0.15, 0.2) is 12.4 Å². The summed E-state index contributed by atoms with van der Waals surface area (Å²) in [5.41, 5.74) is 1.18. The van der Waals surface area contributed by atoms with Gasteiger partial charge in [0, 0.05) is 45.3 Å². The minimum Gasteiger partial charge on any atom is -0.368 e. The van der Waals surface area contributed by atoms with Crippen LogP contribution < -0.4 is 16.0 Å². The first-order chi connectivity index (χ1) is 10.8. The van der Waals surface area contributed by atoms with Crippen molar-refractivity contribution < 1.29 is 4.79 Å². The summed E-state index contributed by atoms with van der Waals surface area (Å²) in [4.78, 5) is 16.9. The predicted octanol–water partition coefficient (Wildman–Crippen LogP) is 0.293. The lowest BCUT2D eigenvalue weighted by atomic mass is 10.3. The minimum atomic E-state index is -0.184. The van der Waals surface area contributed by atoms with Gasteiger partial charge in [0.1, 0.15) is 23.0 Å². The van der Waals surface area contributed by atoms with E-state index in [-0.39, 0.29) is 5.91 Å². The molecule has 2 aromatic rings. The van der Waals surface area contributed by atoms with Crippen LogP contribution in [0.5, 0.6) is 0 Å². The van der Waals surface area contributed by atoms with Crippen LogP contribution in [0.25, 0.3) is 0 Å². The van der Waals surface area contributed by atoms with E-state index in [1.54, 1.807) is 6.20 Å². The number of carbonyl (C=O) groups excluding carboxylic acids is 1. The van der Waals surface area contributed by atoms with Gasteiger partial charge in [-0.05, 0) is 6.42 Å². The Kier molecular flexibility index (Phi) is 3.30. The van der Waals surface area contributed by atoms with Gasteiger partial charge < -0.3 is 20.5 Å². The highest BCUT2D eigenvalue weighted by atomic mass is 16.1. The minimum absolute atomic E-state index is 0.184. The molecule has 2 aliphatic rings. The van der Waals surface area contributed by atoms with E-state index >= 15 is 0 Å². The summed E-state index contributed by atoms with van der Waals surface area (Å²) in [5, 5.41) is 13.8. The number of nitrogens with zero attached hydrogens (tertiary/aromatic N) is 4. The predicted molar refractivity (Wildman–Crippen MR) is 82.1 cm³/mol. The first-order valence-corrected chi connectivity index (χ1v) is 7.69.